The first kappa shape index (κ1) is 17.0. The lowest BCUT2D eigenvalue weighted by atomic mass is 9.95. The highest BCUT2D eigenvalue weighted by molar-refractivity contribution is 4.74. The Kier molecular flexibility index (Phi) is 8.01. The third kappa shape index (κ3) is 7.94. The van der Waals surface area contributed by atoms with Crippen LogP contribution in [0.5, 0.6) is 0 Å². The van der Waals surface area contributed by atoms with Crippen LogP contribution >= 0.6 is 0 Å². The molecule has 2 nitrogen and oxygen atoms in total. The van der Waals surface area contributed by atoms with Crippen molar-refractivity contribution in [1.82, 2.24) is 9.80 Å². The average molecular weight is 268 g/mol. The van der Waals surface area contributed by atoms with E-state index in [1.54, 1.807) is 0 Å². The smallest absolute Gasteiger partial charge is 0.000767 e. The molecule has 19 heavy (non-hydrogen) atoms. The van der Waals surface area contributed by atoms with Crippen LogP contribution in [0.3, 0.4) is 0 Å². The molecule has 1 aliphatic rings. The van der Waals surface area contributed by atoms with E-state index in [2.05, 4.69) is 44.5 Å². The van der Waals surface area contributed by atoms with Crippen LogP contribution in [0.2, 0.25) is 0 Å². The normalized spacial score (nSPS) is 18.9. The van der Waals surface area contributed by atoms with E-state index in [9.17, 15) is 0 Å². The molecular formula is C17H36N2. The van der Waals surface area contributed by atoms with Crippen molar-refractivity contribution in [3.63, 3.8) is 0 Å². The molecule has 0 aromatic heterocycles. The second-order valence-electron chi connectivity index (χ2n) is 7.44. The van der Waals surface area contributed by atoms with Gasteiger partial charge in [0.15, 0.2) is 0 Å². The molecule has 0 bridgehead atoms. The lowest BCUT2D eigenvalue weighted by Gasteiger charge is -2.34. The maximum Gasteiger partial charge on any atom is 0.000767 e. The van der Waals surface area contributed by atoms with Crippen LogP contribution in [0.1, 0.15) is 53.4 Å². The molecule has 0 unspecified atom stereocenters. The average Bonchev–Trinajstić information content (AvgIpc) is 2.29. The van der Waals surface area contributed by atoms with Gasteiger partial charge in [-0.15, -0.1) is 0 Å². The molecule has 0 N–H and O–H groups in total. The van der Waals surface area contributed by atoms with Crippen LogP contribution < -0.4 is 0 Å². The van der Waals surface area contributed by atoms with Crippen LogP contribution in [0, 0.1) is 17.8 Å². The third-order valence-corrected chi connectivity index (χ3v) is 4.21. The van der Waals surface area contributed by atoms with Crippen molar-refractivity contribution >= 4 is 0 Å². The second kappa shape index (κ2) is 8.97. The van der Waals surface area contributed by atoms with Crippen LogP contribution in [-0.4, -0.2) is 49.6 Å². The molecule has 1 heterocycles. The molecule has 0 amide bonds. The summed E-state index contributed by atoms with van der Waals surface area (Å²) in [6.07, 6.45) is 5.58. The number of hydrogen-bond donors (Lipinski definition) is 0. The maximum absolute atomic E-state index is 2.68. The summed E-state index contributed by atoms with van der Waals surface area (Å²) >= 11 is 0. The second-order valence-corrected chi connectivity index (χ2v) is 7.44. The zero-order valence-electron chi connectivity index (χ0n) is 14.0. The van der Waals surface area contributed by atoms with Gasteiger partial charge in [0, 0.05) is 13.1 Å². The minimum Gasteiger partial charge on any atom is -0.306 e. The number of nitrogens with zero attached hydrogens (tertiary/aromatic N) is 2. The molecule has 1 saturated heterocycles. The first-order valence-corrected chi connectivity index (χ1v) is 8.38. The monoisotopic (exact) mass is 268 g/mol. The van der Waals surface area contributed by atoms with E-state index >= 15 is 0 Å². The van der Waals surface area contributed by atoms with Gasteiger partial charge in [-0.1, -0.05) is 27.7 Å². The largest absolute Gasteiger partial charge is 0.306 e. The Hall–Kier alpha value is -0.0800. The van der Waals surface area contributed by atoms with Gasteiger partial charge in [-0.3, -0.25) is 0 Å². The Morgan fingerprint density at radius 2 is 1.68 bits per heavy atom. The summed E-state index contributed by atoms with van der Waals surface area (Å²) in [5.41, 5.74) is 0. The summed E-state index contributed by atoms with van der Waals surface area (Å²) in [4.78, 5) is 5.21. The molecule has 1 fully saturated rings. The molecule has 1 rings (SSSR count). The van der Waals surface area contributed by atoms with E-state index in [-0.39, 0.29) is 0 Å². The molecule has 0 atom stereocenters. The Morgan fingerprint density at radius 3 is 2.21 bits per heavy atom. The van der Waals surface area contributed by atoms with Gasteiger partial charge in [0.25, 0.3) is 0 Å². The lowest BCUT2D eigenvalue weighted by Crippen LogP contribution is -2.39. The van der Waals surface area contributed by atoms with E-state index in [0.29, 0.717) is 0 Å². The summed E-state index contributed by atoms with van der Waals surface area (Å²) < 4.78 is 0. The van der Waals surface area contributed by atoms with E-state index < -0.39 is 0 Å². The van der Waals surface area contributed by atoms with Gasteiger partial charge in [-0.2, -0.15) is 0 Å². The van der Waals surface area contributed by atoms with Crippen LogP contribution in [-0.2, 0) is 0 Å². The fraction of sp³-hybridized carbons (Fsp3) is 1.00. The fourth-order valence-corrected chi connectivity index (χ4v) is 3.25. The SMILES string of the molecule is CC(C)CCCN1CCC(CN(C)CC(C)C)CC1. The van der Waals surface area contributed by atoms with Crippen molar-refractivity contribution < 1.29 is 0 Å². The molecule has 0 saturated carbocycles. The van der Waals surface area contributed by atoms with E-state index in [0.717, 1.165) is 17.8 Å². The molecule has 114 valence electrons. The standard InChI is InChI=1S/C17H36N2/c1-15(2)7-6-10-19-11-8-17(9-12-19)14-18(5)13-16(3)4/h15-17H,6-14H2,1-5H3. The highest BCUT2D eigenvalue weighted by Crippen LogP contribution is 2.19. The summed E-state index contributed by atoms with van der Waals surface area (Å²) in [5.74, 6) is 2.59. The summed E-state index contributed by atoms with van der Waals surface area (Å²) in [5, 5.41) is 0. The lowest BCUT2D eigenvalue weighted by molar-refractivity contribution is 0.147. The highest BCUT2D eigenvalue weighted by atomic mass is 15.1. The van der Waals surface area contributed by atoms with Gasteiger partial charge >= 0.3 is 0 Å². The van der Waals surface area contributed by atoms with Crippen LogP contribution in [0.25, 0.3) is 0 Å². The quantitative estimate of drug-likeness (QED) is 0.662. The van der Waals surface area contributed by atoms with Crippen molar-refractivity contribution in [1.29, 1.82) is 0 Å². The predicted molar refractivity (Wildman–Crippen MR) is 85.6 cm³/mol. The van der Waals surface area contributed by atoms with Gasteiger partial charge in [-0.05, 0) is 70.1 Å². The van der Waals surface area contributed by atoms with E-state index in [1.165, 1.54) is 58.4 Å². The van der Waals surface area contributed by atoms with E-state index in [4.69, 9.17) is 0 Å². The molecule has 0 aliphatic carbocycles. The first-order valence-electron chi connectivity index (χ1n) is 8.38. The first-order chi connectivity index (χ1) is 8.97. The molecule has 0 spiro atoms. The minimum absolute atomic E-state index is 0.793. The number of likely N-dealkylation sites (tertiary alicyclic amines) is 1. The third-order valence-electron chi connectivity index (χ3n) is 4.21. The van der Waals surface area contributed by atoms with Gasteiger partial charge in [0.2, 0.25) is 0 Å². The van der Waals surface area contributed by atoms with Crippen molar-refractivity contribution in [3.05, 3.63) is 0 Å². The Morgan fingerprint density at radius 1 is 1.05 bits per heavy atom. The summed E-state index contributed by atoms with van der Waals surface area (Å²) in [6, 6.07) is 0. The molecule has 0 aromatic rings. The van der Waals surface area contributed by atoms with Crippen molar-refractivity contribution in [2.45, 2.75) is 53.4 Å². The van der Waals surface area contributed by atoms with Crippen LogP contribution in [0.15, 0.2) is 0 Å². The van der Waals surface area contributed by atoms with E-state index in [1.807, 2.05) is 0 Å². The summed E-state index contributed by atoms with van der Waals surface area (Å²) in [7, 11) is 2.29. The Balaban J connectivity index is 2.11. The Bertz CT molecular complexity index is 217. The van der Waals surface area contributed by atoms with Crippen molar-refractivity contribution in [2.75, 3.05) is 39.8 Å². The maximum atomic E-state index is 2.68. The number of rotatable bonds is 8. The highest BCUT2D eigenvalue weighted by Gasteiger charge is 2.20. The fourth-order valence-electron chi connectivity index (χ4n) is 3.25. The van der Waals surface area contributed by atoms with Crippen LogP contribution in [0.4, 0.5) is 0 Å². The molecule has 1 aliphatic heterocycles. The zero-order valence-corrected chi connectivity index (χ0v) is 14.0. The van der Waals surface area contributed by atoms with Gasteiger partial charge < -0.3 is 9.80 Å². The van der Waals surface area contributed by atoms with Gasteiger partial charge in [0.05, 0.1) is 0 Å². The van der Waals surface area contributed by atoms with Crippen molar-refractivity contribution in [2.24, 2.45) is 17.8 Å². The topological polar surface area (TPSA) is 6.48 Å². The molecular weight excluding hydrogens is 232 g/mol. The minimum atomic E-state index is 0.793. The molecule has 2 heteroatoms. The molecule has 0 aromatic carbocycles. The number of piperidine rings is 1. The zero-order chi connectivity index (χ0) is 14.3. The number of hydrogen-bond acceptors (Lipinski definition) is 2. The Labute approximate surface area is 121 Å². The molecule has 0 radical (unpaired) electrons. The van der Waals surface area contributed by atoms with Crippen molar-refractivity contribution in [3.8, 4) is 0 Å². The summed E-state index contributed by atoms with van der Waals surface area (Å²) in [6.45, 7) is 15.8. The van der Waals surface area contributed by atoms with Gasteiger partial charge in [-0.25, -0.2) is 0 Å². The predicted octanol–water partition coefficient (Wildman–Crippen LogP) is 3.72. The van der Waals surface area contributed by atoms with Gasteiger partial charge in [0.1, 0.15) is 0 Å².